The van der Waals surface area contributed by atoms with Gasteiger partial charge in [-0.05, 0) is 37.9 Å². The number of amides is 1. The highest BCUT2D eigenvalue weighted by Gasteiger charge is 2.14. The topological polar surface area (TPSA) is 68.0 Å². The molecule has 0 bridgehead atoms. The van der Waals surface area contributed by atoms with Crippen LogP contribution in [0.3, 0.4) is 0 Å². The number of hydrogen-bond donors (Lipinski definition) is 2. The van der Waals surface area contributed by atoms with E-state index in [0.717, 1.165) is 5.56 Å². The Labute approximate surface area is 96.3 Å². The summed E-state index contributed by atoms with van der Waals surface area (Å²) >= 11 is 0. The van der Waals surface area contributed by atoms with Gasteiger partial charge in [0.25, 0.3) is 5.91 Å². The Balaban J connectivity index is 2.66. The molecular weight excluding hydrogens is 202 g/mol. The average Bonchev–Trinajstić information content (AvgIpc) is 2.27. The molecule has 4 heteroatoms. The molecule has 0 aliphatic heterocycles. The molecule has 0 spiro atoms. The third kappa shape index (κ3) is 3.31. The highest BCUT2D eigenvalue weighted by Crippen LogP contribution is 2.04. The van der Waals surface area contributed by atoms with Crippen LogP contribution in [0.15, 0.2) is 18.5 Å². The summed E-state index contributed by atoms with van der Waals surface area (Å²) < 4.78 is 0. The second kappa shape index (κ2) is 5.61. The predicted octanol–water partition coefficient (Wildman–Crippen LogP) is 1.10. The van der Waals surface area contributed by atoms with E-state index >= 15 is 0 Å². The van der Waals surface area contributed by atoms with Crippen LogP contribution in [0.4, 0.5) is 0 Å². The summed E-state index contributed by atoms with van der Waals surface area (Å²) in [6.07, 6.45) is 3.30. The first-order valence-corrected chi connectivity index (χ1v) is 5.47. The van der Waals surface area contributed by atoms with E-state index in [9.17, 15) is 4.79 Å². The standard InChI is InChI=1S/C12H19N3O/c1-8-4-11(7-14-6-8)12(16)15-10(3)9(2)5-13/h4,6-7,9-10H,5,13H2,1-3H3,(H,15,16). The van der Waals surface area contributed by atoms with E-state index in [4.69, 9.17) is 5.73 Å². The first-order valence-electron chi connectivity index (χ1n) is 5.47. The number of carbonyl (C=O) groups is 1. The van der Waals surface area contributed by atoms with E-state index in [2.05, 4.69) is 10.3 Å². The Bertz CT molecular complexity index is 365. The molecule has 1 rings (SSSR count). The maximum atomic E-state index is 11.8. The van der Waals surface area contributed by atoms with Crippen molar-refractivity contribution < 1.29 is 4.79 Å². The third-order valence-corrected chi connectivity index (χ3v) is 2.72. The Morgan fingerprint density at radius 1 is 1.50 bits per heavy atom. The highest BCUT2D eigenvalue weighted by atomic mass is 16.1. The molecule has 0 saturated carbocycles. The number of aryl methyl sites for hydroxylation is 1. The molecule has 1 aromatic rings. The Morgan fingerprint density at radius 2 is 2.19 bits per heavy atom. The van der Waals surface area contributed by atoms with Gasteiger partial charge in [-0.1, -0.05) is 6.92 Å². The second-order valence-electron chi connectivity index (χ2n) is 4.23. The number of nitrogens with one attached hydrogen (secondary N) is 1. The highest BCUT2D eigenvalue weighted by molar-refractivity contribution is 5.94. The molecule has 2 unspecified atom stereocenters. The van der Waals surface area contributed by atoms with Gasteiger partial charge in [0.05, 0.1) is 5.56 Å². The van der Waals surface area contributed by atoms with E-state index in [0.29, 0.717) is 12.1 Å². The van der Waals surface area contributed by atoms with Gasteiger partial charge >= 0.3 is 0 Å². The Morgan fingerprint density at radius 3 is 2.75 bits per heavy atom. The van der Waals surface area contributed by atoms with E-state index in [1.54, 1.807) is 12.4 Å². The van der Waals surface area contributed by atoms with E-state index in [-0.39, 0.29) is 17.9 Å². The van der Waals surface area contributed by atoms with Crippen LogP contribution in [0.1, 0.15) is 29.8 Å². The van der Waals surface area contributed by atoms with Gasteiger partial charge in [0.15, 0.2) is 0 Å². The van der Waals surface area contributed by atoms with Crippen molar-refractivity contribution in [3.63, 3.8) is 0 Å². The summed E-state index contributed by atoms with van der Waals surface area (Å²) in [5, 5.41) is 2.92. The first kappa shape index (κ1) is 12.6. The summed E-state index contributed by atoms with van der Waals surface area (Å²) in [5.41, 5.74) is 7.12. The molecule has 0 saturated heterocycles. The molecule has 3 N–H and O–H groups in total. The van der Waals surface area contributed by atoms with Crippen LogP contribution < -0.4 is 11.1 Å². The zero-order valence-electron chi connectivity index (χ0n) is 10.0. The number of nitrogens with zero attached hydrogens (tertiary/aromatic N) is 1. The lowest BCUT2D eigenvalue weighted by Crippen LogP contribution is -2.39. The number of rotatable bonds is 4. The summed E-state index contributed by atoms with van der Waals surface area (Å²) in [6.45, 7) is 6.45. The smallest absolute Gasteiger partial charge is 0.253 e. The molecule has 0 radical (unpaired) electrons. The van der Waals surface area contributed by atoms with Gasteiger partial charge in [-0.3, -0.25) is 9.78 Å². The van der Waals surface area contributed by atoms with Crippen LogP contribution in [-0.2, 0) is 0 Å². The average molecular weight is 221 g/mol. The van der Waals surface area contributed by atoms with Crippen LogP contribution in [0.2, 0.25) is 0 Å². The molecule has 16 heavy (non-hydrogen) atoms. The van der Waals surface area contributed by atoms with Crippen molar-refractivity contribution in [2.24, 2.45) is 11.7 Å². The van der Waals surface area contributed by atoms with Gasteiger partial charge in [0, 0.05) is 18.4 Å². The van der Waals surface area contributed by atoms with Gasteiger partial charge in [-0.2, -0.15) is 0 Å². The maximum Gasteiger partial charge on any atom is 0.253 e. The fourth-order valence-corrected chi connectivity index (χ4v) is 1.32. The van der Waals surface area contributed by atoms with Crippen molar-refractivity contribution in [2.45, 2.75) is 26.8 Å². The summed E-state index contributed by atoms with van der Waals surface area (Å²) in [4.78, 5) is 15.8. The minimum atomic E-state index is -0.0935. The molecule has 0 aliphatic rings. The van der Waals surface area contributed by atoms with E-state index in [1.165, 1.54) is 0 Å². The molecule has 88 valence electrons. The quantitative estimate of drug-likeness (QED) is 0.800. The van der Waals surface area contributed by atoms with Crippen LogP contribution >= 0.6 is 0 Å². The number of carbonyl (C=O) groups excluding carboxylic acids is 1. The minimum absolute atomic E-state index is 0.0676. The zero-order valence-corrected chi connectivity index (χ0v) is 10.0. The number of pyridine rings is 1. The van der Waals surface area contributed by atoms with Crippen LogP contribution in [0.25, 0.3) is 0 Å². The lowest BCUT2D eigenvalue weighted by Gasteiger charge is -2.19. The van der Waals surface area contributed by atoms with Crippen LogP contribution in [-0.4, -0.2) is 23.5 Å². The van der Waals surface area contributed by atoms with Gasteiger partial charge in [0.2, 0.25) is 0 Å². The summed E-state index contributed by atoms with van der Waals surface area (Å²) in [5.74, 6) is 0.172. The maximum absolute atomic E-state index is 11.8. The zero-order chi connectivity index (χ0) is 12.1. The summed E-state index contributed by atoms with van der Waals surface area (Å²) in [6, 6.07) is 1.89. The van der Waals surface area contributed by atoms with Crippen molar-refractivity contribution in [1.29, 1.82) is 0 Å². The van der Waals surface area contributed by atoms with Gasteiger partial charge in [-0.25, -0.2) is 0 Å². The molecule has 4 nitrogen and oxygen atoms in total. The van der Waals surface area contributed by atoms with Crippen molar-refractivity contribution in [2.75, 3.05) is 6.54 Å². The molecule has 0 aliphatic carbocycles. The molecule has 1 aromatic heterocycles. The van der Waals surface area contributed by atoms with Crippen molar-refractivity contribution in [3.8, 4) is 0 Å². The SMILES string of the molecule is Cc1cncc(C(=O)NC(C)C(C)CN)c1. The minimum Gasteiger partial charge on any atom is -0.349 e. The summed E-state index contributed by atoms with van der Waals surface area (Å²) in [7, 11) is 0. The Hall–Kier alpha value is -1.42. The predicted molar refractivity (Wildman–Crippen MR) is 64.1 cm³/mol. The monoisotopic (exact) mass is 221 g/mol. The fraction of sp³-hybridized carbons (Fsp3) is 0.500. The number of aromatic nitrogens is 1. The normalized spacial score (nSPS) is 14.2. The lowest BCUT2D eigenvalue weighted by molar-refractivity contribution is 0.0929. The molecule has 0 fully saturated rings. The lowest BCUT2D eigenvalue weighted by atomic mass is 10.0. The van der Waals surface area contributed by atoms with Gasteiger partial charge < -0.3 is 11.1 Å². The molecular formula is C12H19N3O. The van der Waals surface area contributed by atoms with Crippen LogP contribution in [0, 0.1) is 12.8 Å². The number of nitrogens with two attached hydrogens (primary N) is 1. The third-order valence-electron chi connectivity index (χ3n) is 2.72. The molecule has 0 aromatic carbocycles. The first-order chi connectivity index (χ1) is 7.54. The fourth-order valence-electron chi connectivity index (χ4n) is 1.32. The van der Waals surface area contributed by atoms with E-state index < -0.39 is 0 Å². The van der Waals surface area contributed by atoms with Gasteiger partial charge in [-0.15, -0.1) is 0 Å². The van der Waals surface area contributed by atoms with E-state index in [1.807, 2.05) is 26.8 Å². The molecule has 1 heterocycles. The molecule has 2 atom stereocenters. The van der Waals surface area contributed by atoms with Crippen molar-refractivity contribution in [1.82, 2.24) is 10.3 Å². The largest absolute Gasteiger partial charge is 0.349 e. The molecule has 1 amide bonds. The van der Waals surface area contributed by atoms with Crippen LogP contribution in [0.5, 0.6) is 0 Å². The van der Waals surface area contributed by atoms with Crippen molar-refractivity contribution in [3.05, 3.63) is 29.6 Å². The second-order valence-corrected chi connectivity index (χ2v) is 4.23. The van der Waals surface area contributed by atoms with Gasteiger partial charge in [0.1, 0.15) is 0 Å². The van der Waals surface area contributed by atoms with Crippen molar-refractivity contribution >= 4 is 5.91 Å². The number of hydrogen-bond acceptors (Lipinski definition) is 3. The Kier molecular flexibility index (Phi) is 4.43.